The molecule has 0 spiro atoms. The van der Waals surface area contributed by atoms with Gasteiger partial charge in [0.1, 0.15) is 5.75 Å². The molecule has 0 bridgehead atoms. The summed E-state index contributed by atoms with van der Waals surface area (Å²) in [6, 6.07) is 9.14. The Bertz CT molecular complexity index is 733. The molecule has 6 nitrogen and oxygen atoms in total. The van der Waals surface area contributed by atoms with E-state index in [0.29, 0.717) is 18.5 Å². The molecule has 2 aromatic rings. The highest BCUT2D eigenvalue weighted by atomic mass is 16.5. The van der Waals surface area contributed by atoms with Gasteiger partial charge in [0.15, 0.2) is 0 Å². The van der Waals surface area contributed by atoms with Crippen molar-refractivity contribution in [3.05, 3.63) is 51.9 Å². The third-order valence-corrected chi connectivity index (χ3v) is 3.20. The molecule has 1 heterocycles. The van der Waals surface area contributed by atoms with E-state index in [0.717, 1.165) is 17.0 Å². The Morgan fingerprint density at radius 2 is 1.96 bits per heavy atom. The summed E-state index contributed by atoms with van der Waals surface area (Å²) in [4.78, 5) is 18.5. The Morgan fingerprint density at radius 3 is 2.58 bits per heavy atom. The lowest BCUT2D eigenvalue weighted by Crippen LogP contribution is -2.12. The van der Waals surface area contributed by atoms with E-state index in [1.165, 1.54) is 6.07 Å². The second-order valence-electron chi connectivity index (χ2n) is 6.32. The summed E-state index contributed by atoms with van der Waals surface area (Å²) in [6.07, 6.45) is 1.66. The number of hydrogen-bond acceptors (Lipinski definition) is 5. The monoisotopic (exact) mass is 328 g/mol. The van der Waals surface area contributed by atoms with Crippen molar-refractivity contribution < 1.29 is 4.74 Å². The highest BCUT2D eigenvalue weighted by Crippen LogP contribution is 2.13. The second kappa shape index (κ2) is 8.29. The van der Waals surface area contributed by atoms with Crippen LogP contribution in [0.15, 0.2) is 40.2 Å². The van der Waals surface area contributed by atoms with Crippen molar-refractivity contribution in [1.29, 1.82) is 0 Å². The van der Waals surface area contributed by atoms with E-state index in [1.807, 2.05) is 38.1 Å². The van der Waals surface area contributed by atoms with Crippen molar-refractivity contribution in [2.24, 2.45) is 11.0 Å². The van der Waals surface area contributed by atoms with Gasteiger partial charge in [0.05, 0.1) is 18.5 Å². The van der Waals surface area contributed by atoms with Crippen molar-refractivity contribution in [3.8, 4) is 5.75 Å². The summed E-state index contributed by atoms with van der Waals surface area (Å²) in [7, 11) is 0. The van der Waals surface area contributed by atoms with Crippen molar-refractivity contribution in [2.75, 3.05) is 12.0 Å². The third-order valence-electron chi connectivity index (χ3n) is 3.20. The van der Waals surface area contributed by atoms with Gasteiger partial charge in [0.2, 0.25) is 5.95 Å². The zero-order chi connectivity index (χ0) is 17.5. The normalized spacial score (nSPS) is 11.4. The molecule has 0 radical (unpaired) electrons. The van der Waals surface area contributed by atoms with E-state index in [-0.39, 0.29) is 11.5 Å². The second-order valence-corrected chi connectivity index (χ2v) is 6.32. The molecular weight excluding hydrogens is 304 g/mol. The van der Waals surface area contributed by atoms with Crippen LogP contribution >= 0.6 is 0 Å². The molecule has 0 aliphatic heterocycles. The molecule has 0 atom stereocenters. The van der Waals surface area contributed by atoms with Crippen molar-refractivity contribution in [2.45, 2.75) is 33.6 Å². The van der Waals surface area contributed by atoms with Gasteiger partial charge in [-0.15, -0.1) is 0 Å². The fourth-order valence-corrected chi connectivity index (χ4v) is 1.91. The average Bonchev–Trinajstić information content (AvgIpc) is 2.53. The van der Waals surface area contributed by atoms with Gasteiger partial charge in [-0.25, -0.2) is 10.4 Å². The zero-order valence-electron chi connectivity index (χ0n) is 14.5. The molecule has 0 saturated carbocycles. The fourth-order valence-electron chi connectivity index (χ4n) is 1.91. The number of nitrogens with zero attached hydrogens (tertiary/aromatic N) is 2. The molecule has 6 heteroatoms. The number of aromatic nitrogens is 2. The first kappa shape index (κ1) is 17.7. The maximum absolute atomic E-state index is 11.6. The molecule has 0 unspecified atom stereocenters. The number of H-pyrrole nitrogens is 1. The first-order valence-electron chi connectivity index (χ1n) is 8.07. The summed E-state index contributed by atoms with van der Waals surface area (Å²) in [6.45, 7) is 8.88. The topological polar surface area (TPSA) is 79.4 Å². The molecule has 0 fully saturated rings. The summed E-state index contributed by atoms with van der Waals surface area (Å²) in [5.41, 5.74) is 4.20. The molecule has 0 amide bonds. The van der Waals surface area contributed by atoms with E-state index >= 15 is 0 Å². The number of aromatic amines is 1. The lowest BCUT2D eigenvalue weighted by atomic mass is 10.1. The van der Waals surface area contributed by atoms with Gasteiger partial charge < -0.3 is 4.74 Å². The van der Waals surface area contributed by atoms with Crippen LogP contribution in [0.2, 0.25) is 0 Å². The molecule has 0 aliphatic rings. The number of ether oxygens (including phenoxy) is 1. The van der Waals surface area contributed by atoms with E-state index in [9.17, 15) is 4.79 Å². The highest BCUT2D eigenvalue weighted by Gasteiger charge is 2.04. The lowest BCUT2D eigenvalue weighted by molar-refractivity contribution is 0.271. The first-order chi connectivity index (χ1) is 11.4. The summed E-state index contributed by atoms with van der Waals surface area (Å²) >= 11 is 0. The van der Waals surface area contributed by atoms with Crippen molar-refractivity contribution >= 4 is 12.2 Å². The summed E-state index contributed by atoms with van der Waals surface area (Å²) in [5.74, 6) is 1.84. The predicted octanol–water partition coefficient (Wildman–Crippen LogP) is 3.37. The van der Waals surface area contributed by atoms with Gasteiger partial charge in [-0.2, -0.15) is 5.10 Å². The van der Waals surface area contributed by atoms with Gasteiger partial charge in [0, 0.05) is 6.07 Å². The minimum Gasteiger partial charge on any atom is -0.493 e. The van der Waals surface area contributed by atoms with E-state index in [4.69, 9.17) is 4.74 Å². The molecule has 0 aliphatic carbocycles. The molecular formula is C18H24N4O2. The number of benzene rings is 1. The Morgan fingerprint density at radius 1 is 1.25 bits per heavy atom. The van der Waals surface area contributed by atoms with Crippen LogP contribution in [0.25, 0.3) is 0 Å². The Hall–Kier alpha value is -2.63. The first-order valence-corrected chi connectivity index (χ1v) is 8.07. The fraction of sp³-hybridized carbons (Fsp3) is 0.389. The van der Waals surface area contributed by atoms with Crippen LogP contribution in [-0.2, 0) is 0 Å². The van der Waals surface area contributed by atoms with Crippen LogP contribution in [0.1, 0.15) is 44.9 Å². The number of nitrogens with one attached hydrogen (secondary N) is 2. The van der Waals surface area contributed by atoms with Gasteiger partial charge in [-0.05, 0) is 41.7 Å². The molecule has 2 rings (SSSR count). The van der Waals surface area contributed by atoms with Crippen LogP contribution in [-0.4, -0.2) is 22.8 Å². The third kappa shape index (κ3) is 5.53. The van der Waals surface area contributed by atoms with Gasteiger partial charge >= 0.3 is 0 Å². The quantitative estimate of drug-likeness (QED) is 0.603. The number of hydrazone groups is 1. The average molecular weight is 328 g/mol. The van der Waals surface area contributed by atoms with Gasteiger partial charge in [-0.3, -0.25) is 9.78 Å². The van der Waals surface area contributed by atoms with E-state index in [2.05, 4.69) is 34.3 Å². The molecule has 24 heavy (non-hydrogen) atoms. The predicted molar refractivity (Wildman–Crippen MR) is 96.9 cm³/mol. The highest BCUT2D eigenvalue weighted by molar-refractivity contribution is 5.80. The maximum Gasteiger partial charge on any atom is 0.252 e. The van der Waals surface area contributed by atoms with Crippen LogP contribution in [0.5, 0.6) is 5.75 Å². The smallest absolute Gasteiger partial charge is 0.252 e. The van der Waals surface area contributed by atoms with Gasteiger partial charge in [0.25, 0.3) is 5.56 Å². The summed E-state index contributed by atoms with van der Waals surface area (Å²) < 4.78 is 5.64. The minimum atomic E-state index is -0.196. The Balaban J connectivity index is 1.98. The van der Waals surface area contributed by atoms with E-state index < -0.39 is 0 Å². The molecule has 0 saturated heterocycles. The maximum atomic E-state index is 11.6. The SMILES string of the molecule is CC(C)COc1ccc(/C=N\Nc2nc(C(C)C)cc(=O)[nH]2)cc1. The largest absolute Gasteiger partial charge is 0.493 e. The summed E-state index contributed by atoms with van der Waals surface area (Å²) in [5, 5.41) is 4.11. The molecule has 128 valence electrons. The zero-order valence-corrected chi connectivity index (χ0v) is 14.5. The Labute approximate surface area is 142 Å². The van der Waals surface area contributed by atoms with E-state index in [1.54, 1.807) is 6.21 Å². The minimum absolute atomic E-state index is 0.176. The van der Waals surface area contributed by atoms with Crippen LogP contribution in [0.3, 0.4) is 0 Å². The molecule has 2 N–H and O–H groups in total. The van der Waals surface area contributed by atoms with Crippen LogP contribution in [0.4, 0.5) is 5.95 Å². The van der Waals surface area contributed by atoms with Gasteiger partial charge in [-0.1, -0.05) is 27.7 Å². The van der Waals surface area contributed by atoms with Crippen LogP contribution in [0, 0.1) is 5.92 Å². The van der Waals surface area contributed by atoms with Crippen LogP contribution < -0.4 is 15.7 Å². The standard InChI is InChI=1S/C18H24N4O2/c1-12(2)11-24-15-7-5-14(6-8-15)10-19-22-18-20-16(13(3)4)9-17(23)21-18/h5-10,12-13H,11H2,1-4H3,(H2,20,21,22,23)/b19-10-. The number of hydrogen-bond donors (Lipinski definition) is 2. The van der Waals surface area contributed by atoms with Crippen molar-refractivity contribution in [1.82, 2.24) is 9.97 Å². The van der Waals surface area contributed by atoms with Crippen molar-refractivity contribution in [3.63, 3.8) is 0 Å². The lowest BCUT2D eigenvalue weighted by Gasteiger charge is -2.08. The number of anilines is 1. The molecule has 1 aromatic heterocycles. The molecule has 1 aromatic carbocycles. The number of rotatable bonds is 7. The Kier molecular flexibility index (Phi) is 6.12.